The Kier molecular flexibility index (Phi) is 5.38. The maximum Gasteiger partial charge on any atom is 0.0995 e. The van der Waals surface area contributed by atoms with Crippen LogP contribution in [0.25, 0.3) is 6.08 Å². The molecule has 0 aliphatic heterocycles. The van der Waals surface area contributed by atoms with Crippen molar-refractivity contribution < 1.29 is 5.11 Å². The van der Waals surface area contributed by atoms with E-state index in [-0.39, 0.29) is 0 Å². The van der Waals surface area contributed by atoms with Gasteiger partial charge in [0.25, 0.3) is 0 Å². The number of rotatable bonds is 6. The largest absolute Gasteiger partial charge is 0.384 e. The van der Waals surface area contributed by atoms with Crippen LogP contribution >= 0.6 is 0 Å². The molecule has 0 radical (unpaired) electrons. The van der Waals surface area contributed by atoms with Crippen molar-refractivity contribution >= 4 is 6.08 Å². The second-order valence-corrected chi connectivity index (χ2v) is 4.34. The molecule has 1 N–H and O–H groups in total. The molecule has 0 fully saturated rings. The van der Waals surface area contributed by atoms with Gasteiger partial charge in [-0.3, -0.25) is 0 Å². The summed E-state index contributed by atoms with van der Waals surface area (Å²) in [5, 5.41) is 10.5. The monoisotopic (exact) mass is 240 g/mol. The fraction of sp³-hybridized carbons (Fsp3) is 0.235. The van der Waals surface area contributed by atoms with Crippen molar-refractivity contribution in [1.82, 2.24) is 0 Å². The van der Waals surface area contributed by atoms with Gasteiger partial charge in [0.1, 0.15) is 0 Å². The first-order valence-electron chi connectivity index (χ1n) is 6.05. The molecule has 1 heteroatoms. The Morgan fingerprint density at radius 1 is 1.22 bits per heavy atom. The van der Waals surface area contributed by atoms with Crippen LogP contribution in [-0.2, 0) is 0 Å². The third-order valence-corrected chi connectivity index (χ3v) is 2.92. The van der Waals surface area contributed by atoms with Gasteiger partial charge in [-0.1, -0.05) is 42.5 Å². The Morgan fingerprint density at radius 3 is 2.28 bits per heavy atom. The van der Waals surface area contributed by atoms with E-state index in [1.807, 2.05) is 43.3 Å². The summed E-state index contributed by atoms with van der Waals surface area (Å²) in [6.07, 6.45) is 6.32. The normalized spacial score (nSPS) is 10.3. The number of hydrogen-bond donors (Lipinski definition) is 1. The van der Waals surface area contributed by atoms with Gasteiger partial charge < -0.3 is 5.11 Å². The SMILES string of the molecule is C=CCC(O)(CC=C)C(C)=C=Cc1ccccc1. The lowest BCUT2D eigenvalue weighted by atomic mass is 9.88. The van der Waals surface area contributed by atoms with Gasteiger partial charge in [0.05, 0.1) is 5.60 Å². The lowest BCUT2D eigenvalue weighted by Crippen LogP contribution is -2.28. The minimum atomic E-state index is -0.922. The topological polar surface area (TPSA) is 20.2 Å². The van der Waals surface area contributed by atoms with E-state index in [2.05, 4.69) is 18.9 Å². The van der Waals surface area contributed by atoms with Gasteiger partial charge in [0, 0.05) is 5.57 Å². The number of aliphatic hydroxyl groups is 1. The number of benzene rings is 1. The van der Waals surface area contributed by atoms with Crippen molar-refractivity contribution in [2.45, 2.75) is 25.4 Å². The van der Waals surface area contributed by atoms with E-state index < -0.39 is 5.60 Å². The first-order chi connectivity index (χ1) is 8.62. The molecular formula is C17H20O. The molecule has 0 saturated heterocycles. The van der Waals surface area contributed by atoms with Crippen molar-refractivity contribution in [2.75, 3.05) is 0 Å². The van der Waals surface area contributed by atoms with E-state index in [1.165, 1.54) is 0 Å². The summed E-state index contributed by atoms with van der Waals surface area (Å²) >= 11 is 0. The lowest BCUT2D eigenvalue weighted by Gasteiger charge is -2.25. The van der Waals surface area contributed by atoms with Gasteiger partial charge in [-0.05, 0) is 31.4 Å². The molecule has 0 aromatic heterocycles. The van der Waals surface area contributed by atoms with Gasteiger partial charge in [0.15, 0.2) is 0 Å². The van der Waals surface area contributed by atoms with Crippen LogP contribution in [0.3, 0.4) is 0 Å². The number of hydrogen-bond acceptors (Lipinski definition) is 1. The molecule has 1 aromatic rings. The fourth-order valence-corrected chi connectivity index (χ4v) is 1.74. The minimum Gasteiger partial charge on any atom is -0.384 e. The van der Waals surface area contributed by atoms with Crippen LogP contribution < -0.4 is 0 Å². The van der Waals surface area contributed by atoms with Crippen molar-refractivity contribution in [3.63, 3.8) is 0 Å². The summed E-state index contributed by atoms with van der Waals surface area (Å²) in [5.41, 5.74) is 4.10. The second kappa shape index (κ2) is 6.80. The van der Waals surface area contributed by atoms with E-state index in [4.69, 9.17) is 0 Å². The molecule has 94 valence electrons. The van der Waals surface area contributed by atoms with Gasteiger partial charge in [-0.15, -0.1) is 18.9 Å². The minimum absolute atomic E-state index is 0.500. The first kappa shape index (κ1) is 14.2. The van der Waals surface area contributed by atoms with E-state index in [1.54, 1.807) is 12.2 Å². The van der Waals surface area contributed by atoms with Crippen LogP contribution in [0.4, 0.5) is 0 Å². The quantitative estimate of drug-likeness (QED) is 0.585. The van der Waals surface area contributed by atoms with Crippen molar-refractivity contribution in [3.05, 3.63) is 72.5 Å². The molecule has 18 heavy (non-hydrogen) atoms. The molecule has 0 spiro atoms. The van der Waals surface area contributed by atoms with Crippen LogP contribution in [0, 0.1) is 0 Å². The zero-order valence-electron chi connectivity index (χ0n) is 10.9. The zero-order valence-corrected chi connectivity index (χ0v) is 10.9. The van der Waals surface area contributed by atoms with Gasteiger partial charge in [0.2, 0.25) is 0 Å². The molecule has 1 rings (SSSR count). The highest BCUT2D eigenvalue weighted by atomic mass is 16.3. The van der Waals surface area contributed by atoms with E-state index in [9.17, 15) is 5.11 Å². The molecule has 0 atom stereocenters. The first-order valence-corrected chi connectivity index (χ1v) is 6.05. The third-order valence-electron chi connectivity index (χ3n) is 2.92. The zero-order chi connectivity index (χ0) is 13.4. The molecule has 1 aromatic carbocycles. The molecule has 0 unspecified atom stereocenters. The Bertz CT molecular complexity index is 452. The predicted octanol–water partition coefficient (Wildman–Crippen LogP) is 4.13. The summed E-state index contributed by atoms with van der Waals surface area (Å²) < 4.78 is 0. The van der Waals surface area contributed by atoms with Crippen molar-refractivity contribution in [2.24, 2.45) is 0 Å². The van der Waals surface area contributed by atoms with Crippen LogP contribution in [0.1, 0.15) is 25.3 Å². The summed E-state index contributed by atoms with van der Waals surface area (Å²) in [6.45, 7) is 9.25. The Balaban J connectivity index is 3.02. The Hall–Kier alpha value is -1.82. The fourth-order valence-electron chi connectivity index (χ4n) is 1.74. The maximum atomic E-state index is 10.5. The van der Waals surface area contributed by atoms with E-state index in [0.717, 1.165) is 11.1 Å². The molecule has 1 nitrogen and oxygen atoms in total. The highest BCUT2D eigenvalue weighted by Crippen LogP contribution is 2.25. The molecule has 0 aliphatic carbocycles. The Labute approximate surface area is 109 Å². The summed E-state index contributed by atoms with van der Waals surface area (Å²) in [7, 11) is 0. The molecule has 0 aliphatic rings. The van der Waals surface area contributed by atoms with Gasteiger partial charge in [-0.2, -0.15) is 0 Å². The van der Waals surface area contributed by atoms with Crippen LogP contribution in [0.5, 0.6) is 0 Å². The summed E-state index contributed by atoms with van der Waals surface area (Å²) in [4.78, 5) is 0. The smallest absolute Gasteiger partial charge is 0.0995 e. The van der Waals surface area contributed by atoms with Crippen LogP contribution in [0.15, 0.2) is 66.9 Å². The van der Waals surface area contributed by atoms with Gasteiger partial charge in [-0.25, -0.2) is 0 Å². The lowest BCUT2D eigenvalue weighted by molar-refractivity contribution is 0.0851. The molecule has 0 saturated carbocycles. The second-order valence-electron chi connectivity index (χ2n) is 4.34. The Morgan fingerprint density at radius 2 is 1.78 bits per heavy atom. The van der Waals surface area contributed by atoms with Crippen molar-refractivity contribution in [3.8, 4) is 0 Å². The van der Waals surface area contributed by atoms with E-state index in [0.29, 0.717) is 12.8 Å². The van der Waals surface area contributed by atoms with Gasteiger partial charge >= 0.3 is 0 Å². The highest BCUT2D eigenvalue weighted by Gasteiger charge is 2.25. The maximum absolute atomic E-state index is 10.5. The van der Waals surface area contributed by atoms with Crippen LogP contribution in [-0.4, -0.2) is 10.7 Å². The predicted molar refractivity (Wildman–Crippen MR) is 78.2 cm³/mol. The molecule has 0 heterocycles. The molecule has 0 bridgehead atoms. The molecule has 0 amide bonds. The standard InChI is InChI=1S/C17H20O/c1-4-13-17(18,14-5-2)15(3)11-12-16-9-7-6-8-10-16/h4-10,12,18H,1-2,13-14H2,3H3. The molecular weight excluding hydrogens is 220 g/mol. The highest BCUT2D eigenvalue weighted by molar-refractivity contribution is 5.49. The third kappa shape index (κ3) is 3.89. The van der Waals surface area contributed by atoms with Crippen LogP contribution in [0.2, 0.25) is 0 Å². The summed E-state index contributed by atoms with van der Waals surface area (Å²) in [6, 6.07) is 9.92. The average molecular weight is 240 g/mol. The summed E-state index contributed by atoms with van der Waals surface area (Å²) in [5.74, 6) is 0. The average Bonchev–Trinajstić information content (AvgIpc) is 2.37. The van der Waals surface area contributed by atoms with Crippen molar-refractivity contribution in [1.29, 1.82) is 0 Å². The van der Waals surface area contributed by atoms with E-state index >= 15 is 0 Å².